The third kappa shape index (κ3) is 3.48. The summed E-state index contributed by atoms with van der Waals surface area (Å²) in [6, 6.07) is 8.27. The average Bonchev–Trinajstić information content (AvgIpc) is 3.35. The minimum absolute atomic E-state index is 0.0485. The van der Waals surface area contributed by atoms with Crippen molar-refractivity contribution in [3.05, 3.63) is 48.0 Å². The van der Waals surface area contributed by atoms with Crippen LogP contribution in [0.2, 0.25) is 0 Å². The molecule has 0 aliphatic carbocycles. The number of rotatable bonds is 5. The molecular weight excluding hydrogens is 392 g/mol. The van der Waals surface area contributed by atoms with Gasteiger partial charge >= 0.3 is 0 Å². The summed E-state index contributed by atoms with van der Waals surface area (Å²) < 4.78 is 13.3. The van der Waals surface area contributed by atoms with Gasteiger partial charge in [-0.3, -0.25) is 4.68 Å². The van der Waals surface area contributed by atoms with Gasteiger partial charge in [0.2, 0.25) is 0 Å². The topological polar surface area (TPSA) is 89.9 Å². The number of ether oxygens (including phenoxy) is 2. The van der Waals surface area contributed by atoms with Crippen molar-refractivity contribution < 1.29 is 9.47 Å². The van der Waals surface area contributed by atoms with Crippen molar-refractivity contribution >= 4 is 16.9 Å². The van der Waals surface area contributed by atoms with E-state index in [2.05, 4.69) is 64.3 Å². The molecule has 31 heavy (non-hydrogen) atoms. The average molecular weight is 419 g/mol. The molecule has 160 valence electrons. The quantitative estimate of drug-likeness (QED) is 0.504. The first-order chi connectivity index (χ1) is 15.0. The van der Waals surface area contributed by atoms with Crippen LogP contribution in [-0.2, 0) is 7.05 Å². The third-order valence-corrected chi connectivity index (χ3v) is 5.84. The second kappa shape index (κ2) is 7.61. The second-order valence-electron chi connectivity index (χ2n) is 8.20. The number of hydrogen-bond acceptors (Lipinski definition) is 6. The van der Waals surface area contributed by atoms with E-state index in [-0.39, 0.29) is 6.04 Å². The zero-order chi connectivity index (χ0) is 21.5. The van der Waals surface area contributed by atoms with Crippen molar-refractivity contribution in [3.63, 3.8) is 0 Å². The lowest BCUT2D eigenvalue weighted by Gasteiger charge is -2.26. The molecule has 5 rings (SSSR count). The first kappa shape index (κ1) is 19.4. The molecule has 0 bridgehead atoms. The van der Waals surface area contributed by atoms with Crippen molar-refractivity contribution in [1.82, 2.24) is 24.7 Å². The Morgan fingerprint density at radius 1 is 1.10 bits per heavy atom. The molecule has 8 nitrogen and oxygen atoms in total. The zero-order valence-corrected chi connectivity index (χ0v) is 18.1. The molecule has 1 aliphatic heterocycles. The Morgan fingerprint density at radius 3 is 2.65 bits per heavy atom. The Hall–Kier alpha value is -3.55. The number of H-pyrrole nitrogens is 1. The molecule has 0 amide bonds. The molecule has 0 unspecified atom stereocenters. The third-order valence-electron chi connectivity index (χ3n) is 5.84. The largest absolute Gasteiger partial charge is 0.486 e. The van der Waals surface area contributed by atoms with E-state index in [0.29, 0.717) is 19.1 Å². The normalized spacial score (nSPS) is 14.2. The highest BCUT2D eigenvalue weighted by Gasteiger charge is 2.22. The molecule has 4 aromatic rings. The number of nitrogens with one attached hydrogen (secondary N) is 2. The maximum atomic E-state index is 5.79. The Kier molecular flexibility index (Phi) is 4.77. The number of nitrogens with zero attached hydrogens (tertiary/aromatic N) is 4. The van der Waals surface area contributed by atoms with Crippen LogP contribution in [0.25, 0.3) is 22.3 Å². The van der Waals surface area contributed by atoms with Gasteiger partial charge in [-0.15, -0.1) is 0 Å². The number of aromatic nitrogens is 5. The summed E-state index contributed by atoms with van der Waals surface area (Å²) in [5, 5.41) is 8.94. The van der Waals surface area contributed by atoms with Gasteiger partial charge in [-0.25, -0.2) is 9.97 Å². The molecule has 3 aromatic heterocycles. The van der Waals surface area contributed by atoms with Crippen LogP contribution in [0.3, 0.4) is 0 Å². The van der Waals surface area contributed by atoms with Crippen LogP contribution in [0.15, 0.2) is 36.8 Å². The van der Waals surface area contributed by atoms with Gasteiger partial charge in [-0.1, -0.05) is 19.9 Å². The van der Waals surface area contributed by atoms with Gasteiger partial charge in [-0.2, -0.15) is 5.10 Å². The Labute approximate surface area is 180 Å². The van der Waals surface area contributed by atoms with Crippen LogP contribution in [0.5, 0.6) is 11.5 Å². The lowest BCUT2D eigenvalue weighted by atomic mass is 9.95. The van der Waals surface area contributed by atoms with Crippen LogP contribution in [0.1, 0.15) is 31.1 Å². The molecule has 1 aliphatic rings. The van der Waals surface area contributed by atoms with Gasteiger partial charge in [0, 0.05) is 18.3 Å². The highest BCUT2D eigenvalue weighted by Crippen LogP contribution is 2.37. The van der Waals surface area contributed by atoms with Gasteiger partial charge in [0.05, 0.1) is 23.3 Å². The van der Waals surface area contributed by atoms with E-state index in [1.807, 2.05) is 24.0 Å². The van der Waals surface area contributed by atoms with Crippen LogP contribution < -0.4 is 14.8 Å². The summed E-state index contributed by atoms with van der Waals surface area (Å²) in [4.78, 5) is 12.4. The van der Waals surface area contributed by atoms with Crippen molar-refractivity contribution in [2.45, 2.75) is 26.8 Å². The second-order valence-corrected chi connectivity index (χ2v) is 8.20. The summed E-state index contributed by atoms with van der Waals surface area (Å²) in [5.41, 5.74) is 5.04. The molecule has 1 atom stereocenters. The van der Waals surface area contributed by atoms with E-state index in [1.54, 1.807) is 6.33 Å². The smallest absolute Gasteiger partial charge is 0.161 e. The first-order valence-corrected chi connectivity index (χ1v) is 10.5. The van der Waals surface area contributed by atoms with Crippen LogP contribution in [-0.4, -0.2) is 37.9 Å². The molecular formula is C23H26N6O2. The predicted molar refractivity (Wildman–Crippen MR) is 119 cm³/mol. The minimum atomic E-state index is 0.0485. The van der Waals surface area contributed by atoms with E-state index in [4.69, 9.17) is 9.47 Å². The predicted octanol–water partition coefficient (Wildman–Crippen LogP) is 4.25. The van der Waals surface area contributed by atoms with Gasteiger partial charge in [0.15, 0.2) is 11.5 Å². The van der Waals surface area contributed by atoms with E-state index < -0.39 is 0 Å². The Balaban J connectivity index is 1.51. The minimum Gasteiger partial charge on any atom is -0.486 e. The maximum Gasteiger partial charge on any atom is 0.161 e. The van der Waals surface area contributed by atoms with Crippen molar-refractivity contribution in [3.8, 4) is 22.8 Å². The fourth-order valence-corrected chi connectivity index (χ4v) is 4.00. The van der Waals surface area contributed by atoms with Crippen LogP contribution in [0.4, 0.5) is 5.82 Å². The van der Waals surface area contributed by atoms with Gasteiger partial charge in [0.25, 0.3) is 0 Å². The molecule has 4 heterocycles. The van der Waals surface area contributed by atoms with Crippen molar-refractivity contribution in [2.24, 2.45) is 13.0 Å². The van der Waals surface area contributed by atoms with Gasteiger partial charge in [-0.05, 0) is 36.6 Å². The molecule has 0 spiro atoms. The number of benzene rings is 1. The molecule has 1 aromatic carbocycles. The standard InChI is InChI=1S/C23H26N6O2/c1-13(2)21(15-5-6-19-20(9-15)31-8-7-30-19)28-23-16-10-18(27-22(16)24-12-25-23)17-11-26-29(4)14(17)3/h5-6,9-13,21H,7-8H2,1-4H3,(H2,24,25,27,28)/t21-/m1/s1. The molecule has 8 heteroatoms. The summed E-state index contributed by atoms with van der Waals surface area (Å²) in [7, 11) is 1.94. The fraction of sp³-hybridized carbons (Fsp3) is 0.348. The summed E-state index contributed by atoms with van der Waals surface area (Å²) in [6.45, 7) is 7.59. The molecule has 2 N–H and O–H groups in total. The molecule has 0 saturated carbocycles. The summed E-state index contributed by atoms with van der Waals surface area (Å²) in [6.07, 6.45) is 3.45. The number of aromatic amines is 1. The lowest BCUT2D eigenvalue weighted by molar-refractivity contribution is 0.171. The molecule has 0 radical (unpaired) electrons. The van der Waals surface area contributed by atoms with Gasteiger partial charge in [0.1, 0.15) is 31.0 Å². The summed E-state index contributed by atoms with van der Waals surface area (Å²) >= 11 is 0. The van der Waals surface area contributed by atoms with E-state index in [9.17, 15) is 0 Å². The highest BCUT2D eigenvalue weighted by molar-refractivity contribution is 5.91. The number of hydrogen-bond donors (Lipinski definition) is 2. The number of fused-ring (bicyclic) bond motifs is 2. The molecule has 0 saturated heterocycles. The number of aryl methyl sites for hydroxylation is 1. The maximum absolute atomic E-state index is 5.79. The Bertz CT molecular complexity index is 1240. The zero-order valence-electron chi connectivity index (χ0n) is 18.1. The van der Waals surface area contributed by atoms with E-state index >= 15 is 0 Å². The number of anilines is 1. The SMILES string of the molecule is Cc1c(-c2cc3c(N[C@@H](c4ccc5c(c4)OCCO5)C(C)C)ncnc3[nH]2)cnn1C. The first-order valence-electron chi connectivity index (χ1n) is 10.5. The van der Waals surface area contributed by atoms with Crippen LogP contribution >= 0.6 is 0 Å². The Morgan fingerprint density at radius 2 is 1.90 bits per heavy atom. The van der Waals surface area contributed by atoms with Crippen LogP contribution in [0, 0.1) is 12.8 Å². The summed E-state index contributed by atoms with van der Waals surface area (Å²) in [5.74, 6) is 2.71. The van der Waals surface area contributed by atoms with Gasteiger partial charge < -0.3 is 19.8 Å². The molecule has 0 fully saturated rings. The lowest BCUT2D eigenvalue weighted by Crippen LogP contribution is -2.19. The monoisotopic (exact) mass is 418 g/mol. The fourth-order valence-electron chi connectivity index (χ4n) is 4.00. The van der Waals surface area contributed by atoms with E-state index in [0.717, 1.165) is 50.9 Å². The van der Waals surface area contributed by atoms with Crippen molar-refractivity contribution in [2.75, 3.05) is 18.5 Å². The van der Waals surface area contributed by atoms with E-state index in [1.165, 1.54) is 0 Å². The highest BCUT2D eigenvalue weighted by atomic mass is 16.6. The van der Waals surface area contributed by atoms with Crippen molar-refractivity contribution in [1.29, 1.82) is 0 Å².